The fourth-order valence-electron chi connectivity index (χ4n) is 5.67. The molecule has 43 heavy (non-hydrogen) atoms. The van der Waals surface area contributed by atoms with Crippen molar-refractivity contribution in [3.8, 4) is 11.3 Å². The van der Waals surface area contributed by atoms with Crippen molar-refractivity contribution in [2.75, 3.05) is 57.5 Å². The molecule has 0 bridgehead atoms. The molecule has 3 aromatic rings. The number of halogens is 2. The predicted molar refractivity (Wildman–Crippen MR) is 164 cm³/mol. The van der Waals surface area contributed by atoms with Crippen molar-refractivity contribution in [3.05, 3.63) is 59.1 Å². The fourth-order valence-corrected chi connectivity index (χ4v) is 5.84. The number of carbonyl (C=O) groups is 2. The van der Waals surface area contributed by atoms with Crippen LogP contribution in [-0.4, -0.2) is 83.7 Å². The third kappa shape index (κ3) is 8.04. The van der Waals surface area contributed by atoms with Crippen LogP contribution in [0.1, 0.15) is 43.7 Å². The van der Waals surface area contributed by atoms with Crippen LogP contribution in [0.25, 0.3) is 11.3 Å². The van der Waals surface area contributed by atoms with E-state index in [0.717, 1.165) is 44.7 Å². The molecule has 5 rings (SSSR count). The second-order valence-electron chi connectivity index (χ2n) is 11.2. The first kappa shape index (κ1) is 30.8. The molecule has 12 heteroatoms. The number of rotatable bonds is 9. The number of aromatic nitrogens is 3. The van der Waals surface area contributed by atoms with Crippen molar-refractivity contribution in [1.82, 2.24) is 25.0 Å². The van der Waals surface area contributed by atoms with E-state index >= 15 is 0 Å². The summed E-state index contributed by atoms with van der Waals surface area (Å²) in [6, 6.07) is 9.62. The van der Waals surface area contributed by atoms with Crippen molar-refractivity contribution < 1.29 is 18.7 Å². The van der Waals surface area contributed by atoms with Crippen LogP contribution in [0.2, 0.25) is 5.02 Å². The molecule has 2 aliphatic rings. The van der Waals surface area contributed by atoms with E-state index in [1.807, 2.05) is 0 Å². The largest absolute Gasteiger partial charge is 0.469 e. The highest BCUT2D eigenvalue weighted by Gasteiger charge is 2.30. The van der Waals surface area contributed by atoms with Crippen LogP contribution in [0.15, 0.2) is 42.6 Å². The summed E-state index contributed by atoms with van der Waals surface area (Å²) in [5.74, 6) is -0.406. The number of methoxy groups -OCH3 is 1. The summed E-state index contributed by atoms with van der Waals surface area (Å²) in [5, 5.41) is 15.6. The number of pyridine rings is 1. The van der Waals surface area contributed by atoms with Crippen LogP contribution in [0.4, 0.5) is 21.6 Å². The smallest absolute Gasteiger partial charge is 0.308 e. The highest BCUT2D eigenvalue weighted by molar-refractivity contribution is 6.30. The summed E-state index contributed by atoms with van der Waals surface area (Å²) in [6.45, 7) is 4.61. The molecule has 0 spiro atoms. The normalized spacial score (nSPS) is 19.5. The van der Waals surface area contributed by atoms with Gasteiger partial charge in [-0.1, -0.05) is 11.6 Å². The number of esters is 1. The summed E-state index contributed by atoms with van der Waals surface area (Å²) in [7, 11) is 3.52. The van der Waals surface area contributed by atoms with Gasteiger partial charge in [-0.2, -0.15) is 5.10 Å². The van der Waals surface area contributed by atoms with Gasteiger partial charge in [-0.25, -0.2) is 9.37 Å². The fraction of sp³-hybridized carbons (Fsp3) is 0.452. The molecule has 228 valence electrons. The molecule has 3 heterocycles. The number of hydrogen-bond acceptors (Lipinski definition) is 9. The zero-order chi connectivity index (χ0) is 30.3. The average Bonchev–Trinajstić information content (AvgIpc) is 3.02. The molecule has 10 nitrogen and oxygen atoms in total. The zero-order valence-electron chi connectivity index (χ0n) is 24.5. The van der Waals surface area contributed by atoms with E-state index in [-0.39, 0.29) is 29.3 Å². The zero-order valence-corrected chi connectivity index (χ0v) is 25.2. The van der Waals surface area contributed by atoms with E-state index in [1.165, 1.54) is 25.3 Å². The quantitative estimate of drug-likeness (QED) is 0.320. The second kappa shape index (κ2) is 14.2. The first-order valence-electron chi connectivity index (χ1n) is 14.6. The first-order chi connectivity index (χ1) is 20.8. The molecule has 0 unspecified atom stereocenters. The van der Waals surface area contributed by atoms with Gasteiger partial charge < -0.3 is 25.2 Å². The van der Waals surface area contributed by atoms with Crippen LogP contribution >= 0.6 is 11.6 Å². The molecule has 2 N–H and O–H groups in total. The maximum absolute atomic E-state index is 14.8. The maximum atomic E-state index is 14.8. The van der Waals surface area contributed by atoms with Crippen molar-refractivity contribution in [2.24, 2.45) is 5.92 Å². The van der Waals surface area contributed by atoms with Crippen LogP contribution in [0.3, 0.4) is 0 Å². The third-order valence-corrected chi connectivity index (χ3v) is 8.47. The van der Waals surface area contributed by atoms with E-state index in [0.29, 0.717) is 53.7 Å². The van der Waals surface area contributed by atoms with Crippen LogP contribution in [0.5, 0.6) is 0 Å². The summed E-state index contributed by atoms with van der Waals surface area (Å²) in [4.78, 5) is 33.7. The lowest BCUT2D eigenvalue weighted by atomic mass is 9.80. The minimum Gasteiger partial charge on any atom is -0.469 e. The van der Waals surface area contributed by atoms with E-state index in [2.05, 4.69) is 42.7 Å². The molecular formula is C31H37ClFN7O3. The number of carbonyl (C=O) groups excluding carboxylic acids is 2. The summed E-state index contributed by atoms with van der Waals surface area (Å²) in [6.07, 6.45) is 4.83. The molecule has 1 amide bonds. The lowest BCUT2D eigenvalue weighted by molar-refractivity contribution is -0.146. The van der Waals surface area contributed by atoms with Crippen molar-refractivity contribution in [3.63, 3.8) is 0 Å². The number of anilines is 3. The predicted octanol–water partition coefficient (Wildman–Crippen LogP) is 5.10. The Labute approximate surface area is 256 Å². The molecule has 1 aliphatic carbocycles. The molecular weight excluding hydrogens is 573 g/mol. The number of ether oxygens (including phenoxy) is 1. The van der Waals surface area contributed by atoms with Gasteiger partial charge >= 0.3 is 5.97 Å². The van der Waals surface area contributed by atoms with Gasteiger partial charge in [0.25, 0.3) is 0 Å². The molecule has 1 saturated heterocycles. The second-order valence-corrected chi connectivity index (χ2v) is 11.7. The topological polar surface area (TPSA) is 113 Å². The summed E-state index contributed by atoms with van der Waals surface area (Å²) >= 11 is 6.16. The standard InChI is InChI=1S/C31H37ClFN7O3/c1-39-13-15-40(16-14-39)12-10-29(41)36-28-18-23(9-11-34-28)35-27-19-26(24-17-22(32)7-8-25(24)33)37-38-30(27)20-3-5-21(6-4-20)31(42)43-2/h7-9,11,17-21H,3-6,10,12-16H2,1-2H3,(H2,34,35,36,37,41)/t20-,21+. The number of nitrogens with zero attached hydrogens (tertiary/aromatic N) is 5. The third-order valence-electron chi connectivity index (χ3n) is 8.23. The minimum atomic E-state index is -0.457. The molecule has 0 radical (unpaired) electrons. The van der Waals surface area contributed by atoms with Crippen molar-refractivity contribution in [1.29, 1.82) is 0 Å². The lowest BCUT2D eigenvalue weighted by Gasteiger charge is -2.32. The Morgan fingerprint density at radius 1 is 1.05 bits per heavy atom. The van der Waals surface area contributed by atoms with Gasteiger partial charge in [-0.3, -0.25) is 9.59 Å². The Morgan fingerprint density at radius 2 is 1.81 bits per heavy atom. The van der Waals surface area contributed by atoms with Gasteiger partial charge in [0.1, 0.15) is 11.6 Å². The van der Waals surface area contributed by atoms with Crippen LogP contribution in [-0.2, 0) is 14.3 Å². The Balaban J connectivity index is 1.33. The SMILES string of the molecule is COC(=O)[C@H]1CC[C@@H](c2nnc(-c3cc(Cl)ccc3F)cc2Nc2ccnc(NC(=O)CCN3CCN(C)CC3)c2)CC1. The van der Waals surface area contributed by atoms with Gasteiger partial charge in [-0.15, -0.1) is 5.10 Å². The monoisotopic (exact) mass is 609 g/mol. The highest BCUT2D eigenvalue weighted by Crippen LogP contribution is 2.40. The van der Waals surface area contributed by atoms with Crippen molar-refractivity contribution >= 4 is 40.7 Å². The van der Waals surface area contributed by atoms with Gasteiger partial charge in [0, 0.05) is 73.6 Å². The Bertz CT molecular complexity index is 1440. The highest BCUT2D eigenvalue weighted by atomic mass is 35.5. The van der Waals surface area contributed by atoms with Gasteiger partial charge in [0.2, 0.25) is 5.91 Å². The number of hydrogen-bond donors (Lipinski definition) is 2. The van der Waals surface area contributed by atoms with E-state index in [4.69, 9.17) is 16.3 Å². The maximum Gasteiger partial charge on any atom is 0.308 e. The van der Waals surface area contributed by atoms with Gasteiger partial charge in [-0.05, 0) is 63.1 Å². The summed E-state index contributed by atoms with van der Waals surface area (Å²) in [5.41, 5.74) is 2.64. The number of piperazine rings is 1. The lowest BCUT2D eigenvalue weighted by Crippen LogP contribution is -2.45. The summed E-state index contributed by atoms with van der Waals surface area (Å²) < 4.78 is 19.7. The van der Waals surface area contributed by atoms with Crippen LogP contribution < -0.4 is 10.6 Å². The van der Waals surface area contributed by atoms with E-state index in [1.54, 1.807) is 24.4 Å². The van der Waals surface area contributed by atoms with E-state index in [9.17, 15) is 14.0 Å². The average molecular weight is 610 g/mol. The Hall–Kier alpha value is -3.67. The molecule has 1 aromatic carbocycles. The van der Waals surface area contributed by atoms with Crippen molar-refractivity contribution in [2.45, 2.75) is 38.0 Å². The number of likely N-dealkylation sites (N-methyl/N-ethyl adjacent to an activating group) is 1. The van der Waals surface area contributed by atoms with Crippen LogP contribution in [0, 0.1) is 11.7 Å². The number of amides is 1. The molecule has 2 aromatic heterocycles. The molecule has 0 atom stereocenters. The molecule has 1 aliphatic heterocycles. The van der Waals surface area contributed by atoms with E-state index < -0.39 is 5.82 Å². The van der Waals surface area contributed by atoms with Gasteiger partial charge in [0.05, 0.1) is 30.1 Å². The minimum absolute atomic E-state index is 0.0461. The Kier molecular flexibility index (Phi) is 10.2. The first-order valence-corrected chi connectivity index (χ1v) is 15.0. The Morgan fingerprint density at radius 3 is 2.56 bits per heavy atom. The number of benzene rings is 1. The van der Waals surface area contributed by atoms with Gasteiger partial charge in [0.15, 0.2) is 0 Å². The number of nitrogens with one attached hydrogen (secondary N) is 2. The molecule has 2 fully saturated rings. The molecule has 1 saturated carbocycles.